The van der Waals surface area contributed by atoms with Gasteiger partial charge in [0.15, 0.2) is 0 Å². The van der Waals surface area contributed by atoms with Crippen LogP contribution in [-0.2, 0) is 19.9 Å². The number of hydrogen-bond donors (Lipinski definition) is 1. The van der Waals surface area contributed by atoms with Crippen LogP contribution in [0.2, 0.25) is 5.02 Å². The van der Waals surface area contributed by atoms with E-state index in [1.54, 1.807) is 0 Å². The SMILES string of the molecule is CCc1nn(C)c(CC(N)C2CC3CC3C2)c1Cl. The average Bonchev–Trinajstić information content (AvgIpc) is 2.87. The summed E-state index contributed by atoms with van der Waals surface area (Å²) >= 11 is 6.38. The molecule has 1 aromatic rings. The predicted octanol–water partition coefficient (Wildman–Crippen LogP) is 2.55. The van der Waals surface area contributed by atoms with Crippen LogP contribution in [0.5, 0.6) is 0 Å². The fourth-order valence-electron chi connectivity index (χ4n) is 3.54. The van der Waals surface area contributed by atoms with Gasteiger partial charge in [0.2, 0.25) is 0 Å². The lowest BCUT2D eigenvalue weighted by atomic mass is 9.92. The number of fused-ring (bicyclic) bond motifs is 1. The number of hydrogen-bond acceptors (Lipinski definition) is 2. The molecule has 0 amide bonds. The Morgan fingerprint density at radius 3 is 2.61 bits per heavy atom. The minimum absolute atomic E-state index is 0.246. The van der Waals surface area contributed by atoms with Crippen LogP contribution >= 0.6 is 11.6 Å². The molecular weight excluding hydrogens is 246 g/mol. The Labute approximate surface area is 114 Å². The third-order valence-corrected chi connectivity index (χ3v) is 5.25. The molecule has 2 N–H and O–H groups in total. The highest BCUT2D eigenvalue weighted by Crippen LogP contribution is 2.55. The lowest BCUT2D eigenvalue weighted by Gasteiger charge is -2.20. The number of nitrogens with two attached hydrogens (primary N) is 1. The van der Waals surface area contributed by atoms with Gasteiger partial charge >= 0.3 is 0 Å². The second-order valence-electron chi connectivity index (χ2n) is 6.04. The fourth-order valence-corrected chi connectivity index (χ4v) is 3.91. The monoisotopic (exact) mass is 267 g/mol. The summed E-state index contributed by atoms with van der Waals surface area (Å²) in [6, 6.07) is 0.246. The lowest BCUT2D eigenvalue weighted by molar-refractivity contribution is 0.387. The van der Waals surface area contributed by atoms with Crippen LogP contribution in [0, 0.1) is 17.8 Å². The van der Waals surface area contributed by atoms with E-state index in [4.69, 9.17) is 17.3 Å². The second kappa shape index (κ2) is 4.53. The molecule has 3 unspecified atom stereocenters. The first-order chi connectivity index (χ1) is 8.60. The molecule has 2 fully saturated rings. The Morgan fingerprint density at radius 2 is 2.06 bits per heavy atom. The Morgan fingerprint density at radius 1 is 1.39 bits per heavy atom. The highest BCUT2D eigenvalue weighted by atomic mass is 35.5. The van der Waals surface area contributed by atoms with Gasteiger partial charge in [0.05, 0.1) is 16.4 Å². The van der Waals surface area contributed by atoms with Crippen LogP contribution in [0.15, 0.2) is 0 Å². The maximum atomic E-state index is 6.38. The van der Waals surface area contributed by atoms with Gasteiger partial charge < -0.3 is 5.73 Å². The molecule has 0 spiro atoms. The molecule has 3 rings (SSSR count). The first-order valence-electron chi connectivity index (χ1n) is 7.06. The molecule has 100 valence electrons. The summed E-state index contributed by atoms with van der Waals surface area (Å²) in [6.45, 7) is 2.09. The van der Waals surface area contributed by atoms with Crippen molar-refractivity contribution in [2.75, 3.05) is 0 Å². The normalized spacial score (nSPS) is 31.4. The van der Waals surface area contributed by atoms with E-state index in [2.05, 4.69) is 12.0 Å². The number of aryl methyl sites for hydroxylation is 2. The van der Waals surface area contributed by atoms with Gasteiger partial charge in [-0.25, -0.2) is 0 Å². The van der Waals surface area contributed by atoms with Gasteiger partial charge in [0.25, 0.3) is 0 Å². The van der Waals surface area contributed by atoms with Crippen molar-refractivity contribution in [2.45, 2.75) is 45.1 Å². The van der Waals surface area contributed by atoms with Crippen molar-refractivity contribution in [1.82, 2.24) is 9.78 Å². The Hall–Kier alpha value is -0.540. The van der Waals surface area contributed by atoms with Crippen LogP contribution in [-0.4, -0.2) is 15.8 Å². The summed E-state index contributed by atoms with van der Waals surface area (Å²) in [5.41, 5.74) is 8.49. The summed E-state index contributed by atoms with van der Waals surface area (Å²) in [4.78, 5) is 0. The van der Waals surface area contributed by atoms with Gasteiger partial charge in [-0.15, -0.1) is 0 Å². The summed E-state index contributed by atoms with van der Waals surface area (Å²) in [5.74, 6) is 2.69. The summed E-state index contributed by atoms with van der Waals surface area (Å²) in [5, 5.41) is 5.29. The van der Waals surface area contributed by atoms with E-state index in [0.29, 0.717) is 5.92 Å². The lowest BCUT2D eigenvalue weighted by Crippen LogP contribution is -2.32. The van der Waals surface area contributed by atoms with Crippen molar-refractivity contribution in [1.29, 1.82) is 0 Å². The molecule has 0 aromatic carbocycles. The van der Waals surface area contributed by atoms with Gasteiger partial charge in [-0.2, -0.15) is 5.10 Å². The fraction of sp³-hybridized carbons (Fsp3) is 0.786. The van der Waals surface area contributed by atoms with E-state index < -0.39 is 0 Å². The first kappa shape index (κ1) is 12.5. The Bertz CT molecular complexity index is 444. The van der Waals surface area contributed by atoms with Gasteiger partial charge in [-0.1, -0.05) is 18.5 Å². The van der Waals surface area contributed by atoms with E-state index in [-0.39, 0.29) is 6.04 Å². The summed E-state index contributed by atoms with van der Waals surface area (Å²) in [7, 11) is 1.97. The largest absolute Gasteiger partial charge is 0.327 e. The minimum Gasteiger partial charge on any atom is -0.327 e. The molecule has 0 aliphatic heterocycles. The van der Waals surface area contributed by atoms with Crippen LogP contribution < -0.4 is 5.73 Å². The van der Waals surface area contributed by atoms with Gasteiger partial charge in [-0.05, 0) is 43.4 Å². The maximum Gasteiger partial charge on any atom is 0.0850 e. The van der Waals surface area contributed by atoms with Crippen LogP contribution in [0.4, 0.5) is 0 Å². The van der Waals surface area contributed by atoms with Crippen molar-refractivity contribution in [3.05, 3.63) is 16.4 Å². The van der Waals surface area contributed by atoms with Crippen molar-refractivity contribution < 1.29 is 0 Å². The molecule has 0 radical (unpaired) electrons. The van der Waals surface area contributed by atoms with Crippen molar-refractivity contribution in [3.8, 4) is 0 Å². The van der Waals surface area contributed by atoms with E-state index >= 15 is 0 Å². The number of aromatic nitrogens is 2. The van der Waals surface area contributed by atoms with E-state index in [9.17, 15) is 0 Å². The third-order valence-electron chi connectivity index (χ3n) is 4.82. The third kappa shape index (κ3) is 2.08. The van der Waals surface area contributed by atoms with Crippen LogP contribution in [0.25, 0.3) is 0 Å². The topological polar surface area (TPSA) is 43.8 Å². The molecule has 4 heteroatoms. The molecule has 18 heavy (non-hydrogen) atoms. The molecule has 3 nitrogen and oxygen atoms in total. The standard InChI is InChI=1S/C14H22ClN3/c1-3-12-14(15)13(18(2)17-12)7-11(16)10-5-8-4-9(8)6-10/h8-11H,3-7,16H2,1-2H3. The average molecular weight is 268 g/mol. The molecule has 1 heterocycles. The highest BCUT2D eigenvalue weighted by Gasteiger charge is 2.47. The number of halogens is 1. The summed E-state index contributed by atoms with van der Waals surface area (Å²) in [6.07, 6.45) is 5.88. The van der Waals surface area contributed by atoms with E-state index in [0.717, 1.165) is 41.1 Å². The van der Waals surface area contributed by atoms with Crippen LogP contribution in [0.1, 0.15) is 37.6 Å². The van der Waals surface area contributed by atoms with Gasteiger partial charge in [-0.3, -0.25) is 4.68 Å². The minimum atomic E-state index is 0.246. The van der Waals surface area contributed by atoms with Crippen molar-refractivity contribution in [2.24, 2.45) is 30.5 Å². The van der Waals surface area contributed by atoms with Gasteiger partial charge in [0, 0.05) is 19.5 Å². The number of rotatable bonds is 4. The maximum absolute atomic E-state index is 6.38. The number of nitrogens with zero attached hydrogens (tertiary/aromatic N) is 2. The molecule has 3 atom stereocenters. The zero-order chi connectivity index (χ0) is 12.9. The Balaban J connectivity index is 1.70. The molecule has 2 saturated carbocycles. The smallest absolute Gasteiger partial charge is 0.0850 e. The quantitative estimate of drug-likeness (QED) is 0.911. The predicted molar refractivity (Wildman–Crippen MR) is 73.6 cm³/mol. The highest BCUT2D eigenvalue weighted by molar-refractivity contribution is 6.31. The van der Waals surface area contributed by atoms with Crippen LogP contribution in [0.3, 0.4) is 0 Å². The molecule has 0 bridgehead atoms. The summed E-state index contributed by atoms with van der Waals surface area (Å²) < 4.78 is 1.91. The molecular formula is C14H22ClN3. The van der Waals surface area contributed by atoms with E-state index in [1.165, 1.54) is 19.3 Å². The first-order valence-corrected chi connectivity index (χ1v) is 7.43. The molecule has 1 aromatic heterocycles. The molecule has 0 saturated heterocycles. The van der Waals surface area contributed by atoms with Crippen molar-refractivity contribution >= 4 is 11.6 Å². The molecule has 2 aliphatic carbocycles. The Kier molecular flexibility index (Phi) is 3.15. The van der Waals surface area contributed by atoms with E-state index in [1.807, 2.05) is 11.7 Å². The second-order valence-corrected chi connectivity index (χ2v) is 6.42. The zero-order valence-electron chi connectivity index (χ0n) is 11.2. The van der Waals surface area contributed by atoms with Gasteiger partial charge in [0.1, 0.15) is 0 Å². The molecule has 2 aliphatic rings. The zero-order valence-corrected chi connectivity index (χ0v) is 12.0. The van der Waals surface area contributed by atoms with Crippen molar-refractivity contribution in [3.63, 3.8) is 0 Å².